The molecule has 0 fully saturated rings. The zero-order valence-electron chi connectivity index (χ0n) is 9.59. The molecule has 2 aromatic rings. The average Bonchev–Trinajstić information content (AvgIpc) is 2.54. The second kappa shape index (κ2) is 4.18. The summed E-state index contributed by atoms with van der Waals surface area (Å²) in [7, 11) is 0. The molecule has 2 nitrogen and oxygen atoms in total. The normalized spacial score (nSPS) is 12.3. The van der Waals surface area contributed by atoms with E-state index in [4.69, 9.17) is 11.6 Å². The Bertz CT molecular complexity index is 526. The highest BCUT2D eigenvalue weighted by molar-refractivity contribution is 14.1. The van der Waals surface area contributed by atoms with Crippen molar-refractivity contribution >= 4 is 45.2 Å². The smallest absolute Gasteiger partial charge is 0.125 e. The lowest BCUT2D eigenvalue weighted by Crippen LogP contribution is -2.23. The molecule has 0 atom stereocenters. The van der Waals surface area contributed by atoms with E-state index in [0.717, 1.165) is 16.9 Å². The maximum atomic E-state index is 5.96. The second-order valence-corrected chi connectivity index (χ2v) is 6.31. The van der Waals surface area contributed by atoms with Crippen molar-refractivity contribution in [3.8, 4) is 0 Å². The monoisotopic (exact) mass is 348 g/mol. The van der Waals surface area contributed by atoms with Gasteiger partial charge in [-0.3, -0.25) is 0 Å². The molecule has 0 saturated heterocycles. The zero-order valence-corrected chi connectivity index (χ0v) is 12.5. The summed E-state index contributed by atoms with van der Waals surface area (Å²) in [6.45, 7) is 6.51. The first-order valence-corrected chi connectivity index (χ1v) is 6.78. The fourth-order valence-electron chi connectivity index (χ4n) is 1.94. The van der Waals surface area contributed by atoms with Crippen molar-refractivity contribution in [1.29, 1.82) is 0 Å². The van der Waals surface area contributed by atoms with Crippen LogP contribution in [-0.4, -0.2) is 9.55 Å². The number of benzene rings is 1. The van der Waals surface area contributed by atoms with E-state index in [9.17, 15) is 0 Å². The van der Waals surface area contributed by atoms with Gasteiger partial charge in [-0.15, -0.1) is 11.6 Å². The van der Waals surface area contributed by atoms with Crippen LogP contribution in [0.4, 0.5) is 0 Å². The van der Waals surface area contributed by atoms with E-state index >= 15 is 0 Å². The number of rotatable bonds is 1. The highest BCUT2D eigenvalue weighted by Crippen LogP contribution is 2.26. The van der Waals surface area contributed by atoms with Gasteiger partial charge in [-0.2, -0.15) is 0 Å². The highest BCUT2D eigenvalue weighted by Gasteiger charge is 2.20. The van der Waals surface area contributed by atoms with Gasteiger partial charge in [0, 0.05) is 9.11 Å². The molecule has 16 heavy (non-hydrogen) atoms. The number of alkyl halides is 1. The van der Waals surface area contributed by atoms with E-state index in [-0.39, 0.29) is 5.54 Å². The molecular weight excluding hydrogens is 335 g/mol. The predicted molar refractivity (Wildman–Crippen MR) is 77.0 cm³/mol. The standard InChI is InChI=1S/C12H14ClIN2/c1-12(2,3)16-10-5-4-8(14)6-9(10)15-11(16)7-13/h4-6H,7H2,1-3H3. The first-order valence-electron chi connectivity index (χ1n) is 5.17. The Hall–Kier alpha value is -0.290. The minimum absolute atomic E-state index is 0.00572. The summed E-state index contributed by atoms with van der Waals surface area (Å²) < 4.78 is 3.41. The van der Waals surface area contributed by atoms with Crippen LogP contribution in [0, 0.1) is 3.57 Å². The van der Waals surface area contributed by atoms with Crippen LogP contribution in [0.15, 0.2) is 18.2 Å². The number of hydrogen-bond donors (Lipinski definition) is 0. The molecule has 1 aromatic carbocycles. The van der Waals surface area contributed by atoms with Crippen molar-refractivity contribution < 1.29 is 0 Å². The molecule has 0 amide bonds. The number of aromatic nitrogens is 2. The van der Waals surface area contributed by atoms with E-state index in [1.54, 1.807) is 0 Å². The fraction of sp³-hybridized carbons (Fsp3) is 0.417. The minimum atomic E-state index is 0.00572. The number of halogens is 2. The zero-order chi connectivity index (χ0) is 11.9. The molecule has 1 heterocycles. The van der Waals surface area contributed by atoms with Crippen molar-refractivity contribution in [2.24, 2.45) is 0 Å². The second-order valence-electron chi connectivity index (χ2n) is 4.80. The summed E-state index contributed by atoms with van der Waals surface area (Å²) in [5, 5.41) is 0. The topological polar surface area (TPSA) is 17.8 Å². The Morgan fingerprint density at radius 2 is 2.06 bits per heavy atom. The largest absolute Gasteiger partial charge is 0.322 e. The van der Waals surface area contributed by atoms with Crippen LogP contribution in [0.3, 0.4) is 0 Å². The van der Waals surface area contributed by atoms with Crippen molar-refractivity contribution in [3.63, 3.8) is 0 Å². The average molecular weight is 349 g/mol. The van der Waals surface area contributed by atoms with Crippen LogP contribution in [0.25, 0.3) is 11.0 Å². The van der Waals surface area contributed by atoms with Crippen LogP contribution in [0.2, 0.25) is 0 Å². The third-order valence-electron chi connectivity index (χ3n) is 2.48. The van der Waals surface area contributed by atoms with E-state index < -0.39 is 0 Å². The van der Waals surface area contributed by atoms with Gasteiger partial charge in [-0.05, 0) is 61.6 Å². The summed E-state index contributed by atoms with van der Waals surface area (Å²) >= 11 is 8.26. The predicted octanol–water partition coefficient (Wildman–Crippen LogP) is 4.13. The van der Waals surface area contributed by atoms with Gasteiger partial charge in [-0.1, -0.05) is 0 Å². The highest BCUT2D eigenvalue weighted by atomic mass is 127. The Labute approximate surface area is 114 Å². The summed E-state index contributed by atoms with van der Waals surface area (Å²) in [4.78, 5) is 4.58. The Kier molecular flexibility index (Phi) is 3.18. The van der Waals surface area contributed by atoms with E-state index in [1.807, 2.05) is 0 Å². The number of hydrogen-bond acceptors (Lipinski definition) is 1. The van der Waals surface area contributed by atoms with Crippen LogP contribution in [0.1, 0.15) is 26.6 Å². The molecule has 0 radical (unpaired) electrons. The summed E-state index contributed by atoms with van der Waals surface area (Å²) in [6.07, 6.45) is 0. The van der Waals surface area contributed by atoms with Gasteiger partial charge < -0.3 is 4.57 Å². The van der Waals surface area contributed by atoms with E-state index in [0.29, 0.717) is 5.88 Å². The van der Waals surface area contributed by atoms with Crippen molar-refractivity contribution in [2.45, 2.75) is 32.2 Å². The van der Waals surface area contributed by atoms with E-state index in [1.165, 1.54) is 3.57 Å². The van der Waals surface area contributed by atoms with Crippen molar-refractivity contribution in [2.75, 3.05) is 0 Å². The lowest BCUT2D eigenvalue weighted by molar-refractivity contribution is 0.398. The van der Waals surface area contributed by atoms with Gasteiger partial charge in [0.15, 0.2) is 0 Å². The van der Waals surface area contributed by atoms with E-state index in [2.05, 4.69) is 71.1 Å². The first-order chi connectivity index (χ1) is 7.43. The van der Waals surface area contributed by atoms with Gasteiger partial charge in [0.2, 0.25) is 0 Å². The third kappa shape index (κ3) is 2.07. The molecule has 0 aliphatic heterocycles. The van der Waals surface area contributed by atoms with Crippen LogP contribution < -0.4 is 0 Å². The third-order valence-corrected chi connectivity index (χ3v) is 3.39. The van der Waals surface area contributed by atoms with Crippen LogP contribution >= 0.6 is 34.2 Å². The molecule has 0 aliphatic rings. The van der Waals surface area contributed by atoms with Gasteiger partial charge in [-0.25, -0.2) is 4.98 Å². The SMILES string of the molecule is CC(C)(C)n1c(CCl)nc2cc(I)ccc21. The van der Waals surface area contributed by atoms with Gasteiger partial charge >= 0.3 is 0 Å². The molecule has 4 heteroatoms. The molecule has 2 rings (SSSR count). The quantitative estimate of drug-likeness (QED) is 0.559. The number of nitrogens with zero attached hydrogens (tertiary/aromatic N) is 2. The first kappa shape index (κ1) is 12.2. The Balaban J connectivity index is 2.79. The van der Waals surface area contributed by atoms with Gasteiger partial charge in [0.05, 0.1) is 16.9 Å². The summed E-state index contributed by atoms with van der Waals surface area (Å²) in [5.41, 5.74) is 2.19. The maximum absolute atomic E-state index is 5.96. The number of fused-ring (bicyclic) bond motifs is 1. The molecule has 1 aromatic heterocycles. The molecule has 0 spiro atoms. The molecule has 0 saturated carbocycles. The van der Waals surface area contributed by atoms with Gasteiger partial charge in [0.25, 0.3) is 0 Å². The van der Waals surface area contributed by atoms with Crippen LogP contribution in [-0.2, 0) is 11.4 Å². The minimum Gasteiger partial charge on any atom is -0.322 e. The molecule has 0 bridgehead atoms. The molecule has 0 unspecified atom stereocenters. The lowest BCUT2D eigenvalue weighted by atomic mass is 10.1. The Morgan fingerprint density at radius 3 is 2.62 bits per heavy atom. The van der Waals surface area contributed by atoms with Crippen molar-refractivity contribution in [3.05, 3.63) is 27.6 Å². The summed E-state index contributed by atoms with van der Waals surface area (Å²) in [6, 6.07) is 6.31. The van der Waals surface area contributed by atoms with Crippen molar-refractivity contribution in [1.82, 2.24) is 9.55 Å². The molecular formula is C12H14ClIN2. The molecule has 0 aliphatic carbocycles. The molecule has 0 N–H and O–H groups in total. The number of imidazole rings is 1. The Morgan fingerprint density at radius 1 is 1.38 bits per heavy atom. The summed E-state index contributed by atoms with van der Waals surface area (Å²) in [5.74, 6) is 1.38. The maximum Gasteiger partial charge on any atom is 0.125 e. The fourth-order valence-corrected chi connectivity index (χ4v) is 2.60. The van der Waals surface area contributed by atoms with Crippen LogP contribution in [0.5, 0.6) is 0 Å². The van der Waals surface area contributed by atoms with Gasteiger partial charge in [0.1, 0.15) is 5.82 Å². The lowest BCUT2D eigenvalue weighted by Gasteiger charge is -2.24. The molecule has 86 valence electrons.